The Hall–Kier alpha value is -4.00. The molecule has 0 unspecified atom stereocenters. The number of methoxy groups -OCH3 is 1. The summed E-state index contributed by atoms with van der Waals surface area (Å²) >= 11 is 6.07. The number of halogens is 2. The average molecular weight is 583 g/mol. The zero-order valence-corrected chi connectivity index (χ0v) is 22.9. The first-order chi connectivity index (χ1) is 19.3. The molecule has 10 nitrogen and oxygen atoms in total. The molecule has 0 radical (unpaired) electrons. The van der Waals surface area contributed by atoms with Gasteiger partial charge in [0.15, 0.2) is 0 Å². The van der Waals surface area contributed by atoms with E-state index in [2.05, 4.69) is 15.3 Å². The van der Waals surface area contributed by atoms with Gasteiger partial charge in [0.25, 0.3) is 0 Å². The van der Waals surface area contributed by atoms with Crippen molar-refractivity contribution >= 4 is 33.4 Å². The standard InChI is InChI=1S/C27H24ClFN6O4S/c1-38-22-7-4-18(28)16-23(22)40(36,37)34-12-9-20(10-13-34)31-26-30-11-8-21(32-26)25-24(17-2-5-19(29)6-3-17)33-27-35(25)14-15-39-27/h2-8,11,14-16,20H,9-10,12-13H2,1H3,(H,30,31,32). The van der Waals surface area contributed by atoms with Gasteiger partial charge in [-0.2, -0.15) is 9.29 Å². The third-order valence-corrected chi connectivity index (χ3v) is 8.96. The predicted octanol–water partition coefficient (Wildman–Crippen LogP) is 5.12. The van der Waals surface area contributed by atoms with E-state index in [9.17, 15) is 12.8 Å². The normalized spacial score (nSPS) is 15.0. The third-order valence-electron chi connectivity index (χ3n) is 6.81. The van der Waals surface area contributed by atoms with Crippen molar-refractivity contribution in [2.24, 2.45) is 0 Å². The van der Waals surface area contributed by atoms with Gasteiger partial charge in [-0.3, -0.25) is 4.40 Å². The van der Waals surface area contributed by atoms with E-state index in [1.807, 2.05) is 0 Å². The molecule has 4 heterocycles. The molecule has 13 heteroatoms. The van der Waals surface area contributed by atoms with E-state index < -0.39 is 10.0 Å². The molecule has 0 spiro atoms. The molecule has 0 atom stereocenters. The lowest BCUT2D eigenvalue weighted by molar-refractivity contribution is 0.326. The molecule has 1 saturated heterocycles. The van der Waals surface area contributed by atoms with Crippen molar-refractivity contribution < 1.29 is 22.0 Å². The van der Waals surface area contributed by atoms with Gasteiger partial charge in [0, 0.05) is 42.1 Å². The van der Waals surface area contributed by atoms with Gasteiger partial charge < -0.3 is 14.5 Å². The van der Waals surface area contributed by atoms with Gasteiger partial charge in [-0.1, -0.05) is 11.6 Å². The summed E-state index contributed by atoms with van der Waals surface area (Å²) < 4.78 is 54.2. The molecule has 5 aromatic rings. The molecule has 0 aliphatic carbocycles. The SMILES string of the molecule is COc1ccc(Cl)cc1S(=O)(=O)N1CCC(Nc2nccc(-c3c(-c4ccc(F)cc4)nc4occn34)n2)CC1. The highest BCUT2D eigenvalue weighted by Crippen LogP contribution is 2.34. The van der Waals surface area contributed by atoms with Crippen LogP contribution in [0.3, 0.4) is 0 Å². The van der Waals surface area contributed by atoms with E-state index in [-0.39, 0.29) is 22.5 Å². The van der Waals surface area contributed by atoms with E-state index in [0.717, 1.165) is 0 Å². The average Bonchev–Trinajstić information content (AvgIpc) is 3.56. The number of rotatable bonds is 7. The van der Waals surface area contributed by atoms with Crippen LogP contribution in [0.1, 0.15) is 12.8 Å². The van der Waals surface area contributed by atoms with Gasteiger partial charge in [-0.05, 0) is 61.4 Å². The molecule has 2 aromatic carbocycles. The van der Waals surface area contributed by atoms with Crippen molar-refractivity contribution in [3.63, 3.8) is 0 Å². The van der Waals surface area contributed by atoms with Crippen LogP contribution in [0.15, 0.2) is 76.5 Å². The molecule has 1 fully saturated rings. The summed E-state index contributed by atoms with van der Waals surface area (Å²) in [6, 6.07) is 12.3. The zero-order valence-electron chi connectivity index (χ0n) is 21.3. The number of anilines is 1. The number of imidazole rings is 1. The second-order valence-corrected chi connectivity index (χ2v) is 11.6. The fraction of sp³-hybridized carbons (Fsp3) is 0.222. The third kappa shape index (κ3) is 4.89. The second kappa shape index (κ2) is 10.5. The number of hydrogen-bond acceptors (Lipinski definition) is 8. The van der Waals surface area contributed by atoms with Crippen LogP contribution >= 0.6 is 11.6 Å². The van der Waals surface area contributed by atoms with Crippen LogP contribution in [0.5, 0.6) is 5.75 Å². The van der Waals surface area contributed by atoms with Crippen molar-refractivity contribution in [3.05, 3.63) is 78.0 Å². The number of benzene rings is 2. The Bertz CT molecular complexity index is 1780. The largest absolute Gasteiger partial charge is 0.495 e. The van der Waals surface area contributed by atoms with Crippen LogP contribution in [-0.2, 0) is 10.0 Å². The number of fused-ring (bicyclic) bond motifs is 1. The van der Waals surface area contributed by atoms with Crippen LogP contribution in [0.4, 0.5) is 10.3 Å². The first kappa shape index (κ1) is 26.2. The summed E-state index contributed by atoms with van der Waals surface area (Å²) in [4.78, 5) is 13.7. The highest BCUT2D eigenvalue weighted by atomic mass is 35.5. The quantitative estimate of drug-likeness (QED) is 0.281. The summed E-state index contributed by atoms with van der Waals surface area (Å²) in [6.07, 6.45) is 6.01. The van der Waals surface area contributed by atoms with Crippen molar-refractivity contribution in [2.45, 2.75) is 23.8 Å². The Morgan fingerprint density at radius 3 is 2.62 bits per heavy atom. The number of nitrogens with zero attached hydrogens (tertiary/aromatic N) is 5. The van der Waals surface area contributed by atoms with Gasteiger partial charge in [-0.15, -0.1) is 0 Å². The number of sulfonamides is 1. The predicted molar refractivity (Wildman–Crippen MR) is 147 cm³/mol. The van der Waals surface area contributed by atoms with Crippen LogP contribution in [0.2, 0.25) is 5.02 Å². The number of nitrogens with one attached hydrogen (secondary N) is 1. The Morgan fingerprint density at radius 1 is 1.10 bits per heavy atom. The van der Waals surface area contributed by atoms with Gasteiger partial charge in [0.2, 0.25) is 16.0 Å². The van der Waals surface area contributed by atoms with Gasteiger partial charge in [0.1, 0.15) is 34.1 Å². The molecule has 6 rings (SSSR count). The number of oxazole rings is 1. The Kier molecular flexibility index (Phi) is 6.90. The fourth-order valence-corrected chi connectivity index (χ4v) is 6.70. The minimum atomic E-state index is -3.79. The maximum Gasteiger partial charge on any atom is 0.306 e. The monoisotopic (exact) mass is 582 g/mol. The summed E-state index contributed by atoms with van der Waals surface area (Å²) in [5, 5.41) is 3.66. The molecule has 3 aromatic heterocycles. The van der Waals surface area contributed by atoms with E-state index in [1.165, 1.54) is 35.9 Å². The van der Waals surface area contributed by atoms with E-state index in [4.69, 9.17) is 25.7 Å². The summed E-state index contributed by atoms with van der Waals surface area (Å²) in [6.45, 7) is 0.616. The van der Waals surface area contributed by atoms with Crippen molar-refractivity contribution in [1.82, 2.24) is 23.7 Å². The van der Waals surface area contributed by atoms with Crippen LogP contribution in [0, 0.1) is 5.82 Å². The Labute approximate surface area is 234 Å². The van der Waals surface area contributed by atoms with Crippen LogP contribution in [0.25, 0.3) is 28.5 Å². The Morgan fingerprint density at radius 2 is 1.88 bits per heavy atom. The maximum atomic E-state index is 13.6. The highest BCUT2D eigenvalue weighted by molar-refractivity contribution is 7.89. The number of aromatic nitrogens is 4. The lowest BCUT2D eigenvalue weighted by atomic mass is 10.1. The van der Waals surface area contributed by atoms with E-state index >= 15 is 0 Å². The summed E-state index contributed by atoms with van der Waals surface area (Å²) in [7, 11) is -2.36. The number of ether oxygens (including phenoxy) is 1. The molecule has 1 N–H and O–H groups in total. The molecular weight excluding hydrogens is 559 g/mol. The fourth-order valence-electron chi connectivity index (χ4n) is 4.81. The van der Waals surface area contributed by atoms with E-state index in [1.54, 1.807) is 47.1 Å². The Balaban J connectivity index is 1.21. The van der Waals surface area contributed by atoms with Gasteiger partial charge >= 0.3 is 5.84 Å². The van der Waals surface area contributed by atoms with Crippen molar-refractivity contribution in [1.29, 1.82) is 0 Å². The molecule has 0 saturated carbocycles. The van der Waals surface area contributed by atoms with Crippen LogP contribution < -0.4 is 10.1 Å². The maximum absolute atomic E-state index is 13.6. The van der Waals surface area contributed by atoms with Gasteiger partial charge in [-0.25, -0.2) is 22.8 Å². The minimum Gasteiger partial charge on any atom is -0.495 e. The summed E-state index contributed by atoms with van der Waals surface area (Å²) in [5.74, 6) is 0.694. The first-order valence-electron chi connectivity index (χ1n) is 12.5. The molecule has 0 amide bonds. The zero-order chi connectivity index (χ0) is 27.9. The molecular formula is C27H24ClFN6O4S. The smallest absolute Gasteiger partial charge is 0.306 e. The first-order valence-corrected chi connectivity index (χ1v) is 14.3. The lowest BCUT2D eigenvalue weighted by Crippen LogP contribution is -2.42. The topological polar surface area (TPSA) is 115 Å². The molecule has 1 aliphatic rings. The number of piperidine rings is 1. The summed E-state index contributed by atoms with van der Waals surface area (Å²) in [5.41, 5.74) is 2.59. The van der Waals surface area contributed by atoms with Gasteiger partial charge in [0.05, 0.1) is 12.8 Å². The molecule has 0 bridgehead atoms. The van der Waals surface area contributed by atoms with Crippen molar-refractivity contribution in [2.75, 3.05) is 25.5 Å². The molecule has 40 heavy (non-hydrogen) atoms. The second-order valence-electron chi connectivity index (χ2n) is 9.25. The molecule has 206 valence electrons. The van der Waals surface area contributed by atoms with E-state index in [0.29, 0.717) is 65.4 Å². The lowest BCUT2D eigenvalue weighted by Gasteiger charge is -2.32. The van der Waals surface area contributed by atoms with Crippen molar-refractivity contribution in [3.8, 4) is 28.4 Å². The number of hydrogen-bond donors (Lipinski definition) is 1. The minimum absolute atomic E-state index is 0.0427. The molecule has 1 aliphatic heterocycles. The highest BCUT2D eigenvalue weighted by Gasteiger charge is 2.32. The van der Waals surface area contributed by atoms with Crippen LogP contribution in [-0.4, -0.2) is 58.3 Å².